The summed E-state index contributed by atoms with van der Waals surface area (Å²) in [6, 6.07) is 2.07. The monoisotopic (exact) mass is 287 g/mol. The number of anilines is 1. The number of halogens is 2. The Morgan fingerprint density at radius 1 is 1.63 bits per heavy atom. The van der Waals surface area contributed by atoms with Crippen LogP contribution in [0.5, 0.6) is 0 Å². The molecule has 1 aliphatic rings. The predicted molar refractivity (Wildman–Crippen MR) is 71.9 cm³/mol. The van der Waals surface area contributed by atoms with Crippen molar-refractivity contribution in [1.82, 2.24) is 0 Å². The van der Waals surface area contributed by atoms with Crippen molar-refractivity contribution in [3.8, 4) is 0 Å². The molecule has 0 aliphatic heterocycles. The fourth-order valence-corrected chi connectivity index (χ4v) is 2.29. The van der Waals surface area contributed by atoms with Crippen LogP contribution in [0, 0.1) is 21.8 Å². The molecule has 104 valence electrons. The first-order valence-electron chi connectivity index (χ1n) is 5.99. The van der Waals surface area contributed by atoms with Gasteiger partial charge in [-0.1, -0.05) is 11.6 Å². The Morgan fingerprint density at radius 3 is 2.74 bits per heavy atom. The van der Waals surface area contributed by atoms with Crippen molar-refractivity contribution >= 4 is 23.0 Å². The molecular weight excluding hydrogens is 273 g/mol. The summed E-state index contributed by atoms with van der Waals surface area (Å²) in [5.41, 5.74) is 5.14. The second kappa shape index (κ2) is 4.94. The summed E-state index contributed by atoms with van der Waals surface area (Å²) in [4.78, 5) is 10.4. The maximum atomic E-state index is 13.5. The van der Waals surface area contributed by atoms with Crippen molar-refractivity contribution < 1.29 is 9.31 Å². The molecule has 5 nitrogen and oxygen atoms in total. The number of nitrogens with one attached hydrogen (secondary N) is 1. The van der Waals surface area contributed by atoms with Gasteiger partial charge in [0.15, 0.2) is 0 Å². The number of nitrogens with two attached hydrogens (primary N) is 1. The average molecular weight is 288 g/mol. The van der Waals surface area contributed by atoms with Crippen LogP contribution in [0.1, 0.15) is 19.8 Å². The second-order valence-corrected chi connectivity index (χ2v) is 5.47. The zero-order valence-electron chi connectivity index (χ0n) is 10.5. The standard InChI is InChI=1S/C12H15ClFN3O2/c1-12(6-15,7-2-3-7)16-10-5-9(14)8(13)4-11(10)17(18)19/h4-5,7,16H,2-3,6,15H2,1H3. The second-order valence-electron chi connectivity index (χ2n) is 5.06. The SMILES string of the molecule is CC(CN)(Nc1cc(F)c(Cl)cc1[N+](=O)[O-])C1CC1. The van der Waals surface area contributed by atoms with E-state index in [0.29, 0.717) is 12.5 Å². The summed E-state index contributed by atoms with van der Waals surface area (Å²) in [5, 5.41) is 13.8. The fraction of sp³-hybridized carbons (Fsp3) is 0.500. The maximum absolute atomic E-state index is 13.5. The molecule has 7 heteroatoms. The summed E-state index contributed by atoms with van der Waals surface area (Å²) in [5.74, 6) is -0.333. The Labute approximate surface area is 115 Å². The Morgan fingerprint density at radius 2 is 2.26 bits per heavy atom. The summed E-state index contributed by atoms with van der Waals surface area (Å²) in [6.07, 6.45) is 2.04. The van der Waals surface area contributed by atoms with Gasteiger partial charge in [0.25, 0.3) is 5.69 Å². The van der Waals surface area contributed by atoms with Crippen LogP contribution in [0.2, 0.25) is 5.02 Å². The molecule has 1 aromatic carbocycles. The van der Waals surface area contributed by atoms with Gasteiger partial charge in [0, 0.05) is 24.2 Å². The third-order valence-electron chi connectivity index (χ3n) is 3.56. The quantitative estimate of drug-likeness (QED) is 0.644. The van der Waals surface area contributed by atoms with E-state index in [9.17, 15) is 14.5 Å². The van der Waals surface area contributed by atoms with E-state index in [-0.39, 0.29) is 16.4 Å². The van der Waals surface area contributed by atoms with E-state index in [1.165, 1.54) is 0 Å². The Hall–Kier alpha value is -1.40. The van der Waals surface area contributed by atoms with Crippen molar-refractivity contribution in [2.24, 2.45) is 11.7 Å². The Kier molecular flexibility index (Phi) is 3.64. The van der Waals surface area contributed by atoms with Gasteiger partial charge < -0.3 is 11.1 Å². The molecule has 1 unspecified atom stereocenters. The summed E-state index contributed by atoms with van der Waals surface area (Å²) in [6.45, 7) is 2.21. The van der Waals surface area contributed by atoms with E-state index < -0.39 is 16.3 Å². The van der Waals surface area contributed by atoms with Crippen molar-refractivity contribution in [2.75, 3.05) is 11.9 Å². The minimum atomic E-state index is -0.690. The molecule has 19 heavy (non-hydrogen) atoms. The fourth-order valence-electron chi connectivity index (χ4n) is 2.14. The van der Waals surface area contributed by atoms with Crippen LogP contribution >= 0.6 is 11.6 Å². The molecule has 0 saturated heterocycles. The predicted octanol–water partition coefficient (Wildman–Crippen LogP) is 2.93. The van der Waals surface area contributed by atoms with Crippen molar-refractivity contribution in [3.63, 3.8) is 0 Å². The molecule has 0 bridgehead atoms. The van der Waals surface area contributed by atoms with Gasteiger partial charge in [0.1, 0.15) is 11.5 Å². The lowest BCUT2D eigenvalue weighted by molar-refractivity contribution is -0.384. The van der Waals surface area contributed by atoms with Crippen LogP contribution in [-0.2, 0) is 0 Å². The normalized spacial score (nSPS) is 17.9. The molecule has 3 N–H and O–H groups in total. The van der Waals surface area contributed by atoms with E-state index in [2.05, 4.69) is 5.32 Å². The summed E-state index contributed by atoms with van der Waals surface area (Å²) in [7, 11) is 0. The molecule has 1 aliphatic carbocycles. The first-order valence-corrected chi connectivity index (χ1v) is 6.37. The smallest absolute Gasteiger partial charge is 0.294 e. The molecule has 1 aromatic rings. The van der Waals surface area contributed by atoms with Gasteiger partial charge in [-0.2, -0.15) is 0 Å². The minimum Gasteiger partial charge on any atom is -0.373 e. The highest BCUT2D eigenvalue weighted by Gasteiger charge is 2.41. The van der Waals surface area contributed by atoms with Gasteiger partial charge in [-0.3, -0.25) is 10.1 Å². The van der Waals surface area contributed by atoms with E-state index >= 15 is 0 Å². The van der Waals surface area contributed by atoms with Gasteiger partial charge in [0.05, 0.1) is 9.95 Å². The molecule has 0 spiro atoms. The highest BCUT2D eigenvalue weighted by Crippen LogP contribution is 2.42. The van der Waals surface area contributed by atoms with Gasteiger partial charge >= 0.3 is 0 Å². The third kappa shape index (κ3) is 2.79. The van der Waals surface area contributed by atoms with E-state index in [1.807, 2.05) is 6.92 Å². The molecule has 1 saturated carbocycles. The third-order valence-corrected chi connectivity index (χ3v) is 3.85. The zero-order chi connectivity index (χ0) is 14.2. The van der Waals surface area contributed by atoms with Crippen LogP contribution in [0.3, 0.4) is 0 Å². The zero-order valence-corrected chi connectivity index (χ0v) is 11.2. The highest BCUT2D eigenvalue weighted by molar-refractivity contribution is 6.31. The van der Waals surface area contributed by atoms with Crippen molar-refractivity contribution in [2.45, 2.75) is 25.3 Å². The van der Waals surface area contributed by atoms with E-state index in [0.717, 1.165) is 25.0 Å². The molecule has 2 rings (SSSR count). The molecule has 0 heterocycles. The number of hydrogen-bond donors (Lipinski definition) is 2. The lowest BCUT2D eigenvalue weighted by Gasteiger charge is -2.30. The summed E-state index contributed by atoms with van der Waals surface area (Å²) < 4.78 is 13.5. The average Bonchev–Trinajstić information content (AvgIpc) is 3.17. The highest BCUT2D eigenvalue weighted by atomic mass is 35.5. The lowest BCUT2D eigenvalue weighted by atomic mass is 9.95. The maximum Gasteiger partial charge on any atom is 0.294 e. The van der Waals surface area contributed by atoms with Crippen molar-refractivity contribution in [3.05, 3.63) is 33.1 Å². The molecular formula is C12H15ClFN3O2. The van der Waals surface area contributed by atoms with E-state index in [4.69, 9.17) is 17.3 Å². The number of nitro benzene ring substituents is 1. The van der Waals surface area contributed by atoms with Crippen LogP contribution in [0.25, 0.3) is 0 Å². The van der Waals surface area contributed by atoms with Gasteiger partial charge in [-0.05, 0) is 25.7 Å². The Balaban J connectivity index is 2.38. The van der Waals surface area contributed by atoms with Crippen LogP contribution in [0.15, 0.2) is 12.1 Å². The van der Waals surface area contributed by atoms with Crippen LogP contribution < -0.4 is 11.1 Å². The van der Waals surface area contributed by atoms with Gasteiger partial charge in [-0.15, -0.1) is 0 Å². The number of rotatable bonds is 5. The molecule has 0 amide bonds. The first kappa shape index (κ1) is 14.0. The summed E-state index contributed by atoms with van der Waals surface area (Å²) >= 11 is 5.58. The number of nitrogens with zero attached hydrogens (tertiary/aromatic N) is 1. The molecule has 0 aromatic heterocycles. The van der Waals surface area contributed by atoms with E-state index in [1.54, 1.807) is 0 Å². The number of hydrogen-bond acceptors (Lipinski definition) is 4. The minimum absolute atomic E-state index is 0.117. The van der Waals surface area contributed by atoms with Crippen LogP contribution in [-0.4, -0.2) is 17.0 Å². The first-order chi connectivity index (χ1) is 8.87. The number of benzene rings is 1. The molecule has 0 radical (unpaired) electrons. The topological polar surface area (TPSA) is 81.2 Å². The molecule has 1 fully saturated rings. The number of nitro groups is 1. The van der Waals surface area contributed by atoms with Crippen LogP contribution in [0.4, 0.5) is 15.8 Å². The van der Waals surface area contributed by atoms with Gasteiger partial charge in [-0.25, -0.2) is 4.39 Å². The lowest BCUT2D eigenvalue weighted by Crippen LogP contribution is -2.44. The molecule has 1 atom stereocenters. The van der Waals surface area contributed by atoms with Crippen molar-refractivity contribution in [1.29, 1.82) is 0 Å². The Bertz CT molecular complexity index is 522. The largest absolute Gasteiger partial charge is 0.373 e. The van der Waals surface area contributed by atoms with Gasteiger partial charge in [0.2, 0.25) is 0 Å².